The van der Waals surface area contributed by atoms with Crippen LogP contribution in [0.1, 0.15) is 54.8 Å². The molecule has 5 nitrogen and oxygen atoms in total. The predicted molar refractivity (Wildman–Crippen MR) is 91.6 cm³/mol. The molecule has 2 atom stereocenters. The van der Waals surface area contributed by atoms with Gasteiger partial charge in [0.2, 0.25) is 0 Å². The largest absolute Gasteiger partial charge is 0.508 e. The Hall–Kier alpha value is -2.69. The van der Waals surface area contributed by atoms with E-state index in [1.165, 1.54) is 0 Å². The molecule has 2 aromatic carbocycles. The van der Waals surface area contributed by atoms with Gasteiger partial charge < -0.3 is 19.7 Å². The Morgan fingerprint density at radius 3 is 2.44 bits per heavy atom. The first kappa shape index (κ1) is 15.8. The summed E-state index contributed by atoms with van der Waals surface area (Å²) in [5.74, 6) is 0.876. The lowest BCUT2D eigenvalue weighted by atomic mass is 9.79. The number of phenolic OH excluding ortho intramolecular Hbond substituents is 2. The van der Waals surface area contributed by atoms with Crippen molar-refractivity contribution < 1.29 is 24.5 Å². The summed E-state index contributed by atoms with van der Waals surface area (Å²) in [6.45, 7) is 5.92. The molecule has 2 aliphatic rings. The van der Waals surface area contributed by atoms with Gasteiger partial charge in [0.15, 0.2) is 5.78 Å². The summed E-state index contributed by atoms with van der Waals surface area (Å²) in [7, 11) is 0. The zero-order valence-electron chi connectivity index (χ0n) is 14.4. The van der Waals surface area contributed by atoms with E-state index in [4.69, 9.17) is 9.47 Å². The number of hydrogen-bond acceptors (Lipinski definition) is 5. The minimum absolute atomic E-state index is 0.0315. The number of carbonyl (C=O) groups is 1. The number of carbonyl (C=O) groups excluding carboxylic acids is 1. The lowest BCUT2D eigenvalue weighted by Crippen LogP contribution is -2.29. The van der Waals surface area contributed by atoms with E-state index in [9.17, 15) is 15.0 Å². The van der Waals surface area contributed by atoms with E-state index in [0.29, 0.717) is 17.1 Å². The second-order valence-electron chi connectivity index (χ2n) is 7.28. The molecule has 2 aliphatic heterocycles. The molecule has 0 unspecified atom stereocenters. The SMILES string of the molecule is C[C@H]1Oc2cc3c(c(O)c2C1(C)C)C(=O)C[C@@H](c1ccc(O)cc1)O3. The summed E-state index contributed by atoms with van der Waals surface area (Å²) in [6.07, 6.45) is -0.425. The van der Waals surface area contributed by atoms with Gasteiger partial charge in [0, 0.05) is 17.0 Å². The van der Waals surface area contributed by atoms with Crippen molar-refractivity contribution in [2.75, 3.05) is 0 Å². The molecule has 0 saturated carbocycles. The van der Waals surface area contributed by atoms with Gasteiger partial charge >= 0.3 is 0 Å². The fraction of sp³-hybridized carbons (Fsp3) is 0.350. The molecule has 25 heavy (non-hydrogen) atoms. The van der Waals surface area contributed by atoms with Crippen molar-refractivity contribution in [2.45, 2.75) is 44.8 Å². The van der Waals surface area contributed by atoms with Crippen LogP contribution in [0.3, 0.4) is 0 Å². The summed E-state index contributed by atoms with van der Waals surface area (Å²) < 4.78 is 11.9. The highest BCUT2D eigenvalue weighted by Crippen LogP contribution is 2.53. The van der Waals surface area contributed by atoms with Crippen molar-refractivity contribution in [3.8, 4) is 23.0 Å². The van der Waals surface area contributed by atoms with Crippen molar-refractivity contribution in [1.29, 1.82) is 0 Å². The molecule has 0 fully saturated rings. The average Bonchev–Trinajstić information content (AvgIpc) is 2.77. The Labute approximate surface area is 145 Å². The van der Waals surface area contributed by atoms with Crippen LogP contribution in [0.4, 0.5) is 0 Å². The van der Waals surface area contributed by atoms with Crippen LogP contribution < -0.4 is 9.47 Å². The lowest BCUT2D eigenvalue weighted by molar-refractivity contribution is 0.0844. The maximum absolute atomic E-state index is 12.7. The Kier molecular flexibility index (Phi) is 3.26. The fourth-order valence-corrected chi connectivity index (χ4v) is 3.58. The lowest BCUT2D eigenvalue weighted by Gasteiger charge is -2.28. The van der Waals surface area contributed by atoms with Crippen LogP contribution in [0.5, 0.6) is 23.0 Å². The van der Waals surface area contributed by atoms with Crippen LogP contribution in [0, 0.1) is 0 Å². The van der Waals surface area contributed by atoms with E-state index >= 15 is 0 Å². The van der Waals surface area contributed by atoms with Gasteiger partial charge in [0.25, 0.3) is 0 Å². The molecule has 0 aromatic heterocycles. The second kappa shape index (κ2) is 5.15. The molecular weight excluding hydrogens is 320 g/mol. The number of fused-ring (bicyclic) bond motifs is 2. The van der Waals surface area contributed by atoms with E-state index in [2.05, 4.69) is 0 Å². The summed E-state index contributed by atoms with van der Waals surface area (Å²) in [6, 6.07) is 8.29. The van der Waals surface area contributed by atoms with Gasteiger partial charge in [0.05, 0.1) is 6.42 Å². The number of ether oxygens (including phenoxy) is 2. The molecule has 0 bridgehead atoms. The van der Waals surface area contributed by atoms with E-state index in [-0.39, 0.29) is 40.8 Å². The first-order valence-corrected chi connectivity index (χ1v) is 8.35. The number of aromatic hydroxyl groups is 2. The van der Waals surface area contributed by atoms with Crippen molar-refractivity contribution in [1.82, 2.24) is 0 Å². The number of Topliss-reactive ketones (excluding diaryl/α,β-unsaturated/α-hetero) is 1. The average molecular weight is 340 g/mol. The highest BCUT2D eigenvalue weighted by Gasteiger charge is 2.44. The minimum atomic E-state index is -0.454. The molecular formula is C20H20O5. The zero-order valence-corrected chi connectivity index (χ0v) is 14.4. The van der Waals surface area contributed by atoms with Crippen LogP contribution >= 0.6 is 0 Å². The van der Waals surface area contributed by atoms with Gasteiger partial charge in [-0.15, -0.1) is 0 Å². The molecule has 5 heteroatoms. The maximum atomic E-state index is 12.7. The van der Waals surface area contributed by atoms with E-state index in [0.717, 1.165) is 5.56 Å². The summed E-state index contributed by atoms with van der Waals surface area (Å²) in [4.78, 5) is 12.7. The number of phenols is 2. The normalized spacial score (nSPS) is 23.4. The van der Waals surface area contributed by atoms with Crippen LogP contribution in [-0.4, -0.2) is 22.1 Å². The topological polar surface area (TPSA) is 76.0 Å². The van der Waals surface area contributed by atoms with Crippen molar-refractivity contribution >= 4 is 5.78 Å². The first-order valence-electron chi connectivity index (χ1n) is 8.35. The summed E-state index contributed by atoms with van der Waals surface area (Å²) in [5, 5.41) is 20.2. The summed E-state index contributed by atoms with van der Waals surface area (Å²) in [5.41, 5.74) is 1.31. The van der Waals surface area contributed by atoms with Gasteiger partial charge in [-0.05, 0) is 24.6 Å². The van der Waals surface area contributed by atoms with Crippen LogP contribution in [0.2, 0.25) is 0 Å². The van der Waals surface area contributed by atoms with Crippen LogP contribution in [-0.2, 0) is 5.41 Å². The third kappa shape index (κ3) is 2.26. The fourth-order valence-electron chi connectivity index (χ4n) is 3.58. The molecule has 0 saturated heterocycles. The summed E-state index contributed by atoms with van der Waals surface area (Å²) >= 11 is 0. The van der Waals surface area contributed by atoms with E-state index in [1.54, 1.807) is 30.3 Å². The van der Waals surface area contributed by atoms with Gasteiger partial charge in [-0.3, -0.25) is 4.79 Å². The minimum Gasteiger partial charge on any atom is -0.508 e. The van der Waals surface area contributed by atoms with Crippen molar-refractivity contribution in [2.24, 2.45) is 0 Å². The molecule has 0 amide bonds. The Bertz CT molecular complexity index is 867. The Morgan fingerprint density at radius 1 is 1.08 bits per heavy atom. The zero-order chi connectivity index (χ0) is 17.9. The number of rotatable bonds is 1. The molecule has 2 heterocycles. The van der Waals surface area contributed by atoms with Gasteiger partial charge in [-0.25, -0.2) is 0 Å². The molecule has 0 spiro atoms. The van der Waals surface area contributed by atoms with Gasteiger partial charge in [0.1, 0.15) is 40.8 Å². The quantitative estimate of drug-likeness (QED) is 0.824. The smallest absolute Gasteiger partial charge is 0.174 e. The van der Waals surface area contributed by atoms with E-state index in [1.807, 2.05) is 20.8 Å². The number of ketones is 1. The second-order valence-corrected chi connectivity index (χ2v) is 7.28. The molecule has 0 radical (unpaired) electrons. The third-order valence-electron chi connectivity index (χ3n) is 5.38. The first-order chi connectivity index (χ1) is 11.8. The molecule has 0 aliphatic carbocycles. The number of hydrogen-bond donors (Lipinski definition) is 2. The standard InChI is InChI=1S/C20H20O5/c1-10-20(2,3)18-16(24-10)9-15-17(19(18)23)13(22)8-14(25-15)11-4-6-12(21)7-5-11/h4-7,9-10,14,21,23H,8H2,1-3H3/t10-,14+/m1/s1. The monoisotopic (exact) mass is 340 g/mol. The third-order valence-corrected chi connectivity index (χ3v) is 5.38. The Morgan fingerprint density at radius 2 is 1.76 bits per heavy atom. The van der Waals surface area contributed by atoms with Crippen LogP contribution in [0.15, 0.2) is 30.3 Å². The highest BCUT2D eigenvalue weighted by molar-refractivity contribution is 6.03. The number of benzene rings is 2. The van der Waals surface area contributed by atoms with Crippen molar-refractivity contribution in [3.05, 3.63) is 47.0 Å². The van der Waals surface area contributed by atoms with Crippen molar-refractivity contribution in [3.63, 3.8) is 0 Å². The molecule has 4 rings (SSSR count). The molecule has 2 aromatic rings. The van der Waals surface area contributed by atoms with Gasteiger partial charge in [-0.2, -0.15) is 0 Å². The van der Waals surface area contributed by atoms with E-state index < -0.39 is 6.10 Å². The predicted octanol–water partition coefficient (Wildman–Crippen LogP) is 3.86. The molecule has 2 N–H and O–H groups in total. The maximum Gasteiger partial charge on any atom is 0.174 e. The van der Waals surface area contributed by atoms with Crippen LogP contribution in [0.25, 0.3) is 0 Å². The molecule has 130 valence electrons. The Balaban J connectivity index is 1.79. The van der Waals surface area contributed by atoms with Gasteiger partial charge in [-0.1, -0.05) is 26.0 Å². The highest BCUT2D eigenvalue weighted by atomic mass is 16.5.